The van der Waals surface area contributed by atoms with E-state index < -0.39 is 11.2 Å². The third-order valence-electron chi connectivity index (χ3n) is 5.06. The van der Waals surface area contributed by atoms with Crippen LogP contribution in [0.2, 0.25) is 0 Å². The van der Waals surface area contributed by atoms with Gasteiger partial charge in [0.2, 0.25) is 5.95 Å². The minimum atomic E-state index is -0.513. The van der Waals surface area contributed by atoms with Gasteiger partial charge in [0.05, 0.1) is 20.8 Å². The van der Waals surface area contributed by atoms with Crippen LogP contribution >= 0.6 is 0 Å². The SMILES string of the molecule is COc1ccc(CCNc2ncc3c(=O)n(Cc4ccccc4)c(=O)[nH]c3n2)cc1OC. The first-order valence-electron chi connectivity index (χ1n) is 10.1. The van der Waals surface area contributed by atoms with Crippen LogP contribution < -0.4 is 26.0 Å². The van der Waals surface area contributed by atoms with Gasteiger partial charge in [-0.2, -0.15) is 4.98 Å². The van der Waals surface area contributed by atoms with Crippen molar-refractivity contribution in [1.82, 2.24) is 19.5 Å². The smallest absolute Gasteiger partial charge is 0.330 e. The normalized spacial score (nSPS) is 10.8. The quantitative estimate of drug-likeness (QED) is 0.438. The lowest BCUT2D eigenvalue weighted by Gasteiger charge is -2.10. The molecule has 9 heteroatoms. The van der Waals surface area contributed by atoms with Gasteiger partial charge >= 0.3 is 5.69 Å². The summed E-state index contributed by atoms with van der Waals surface area (Å²) in [6.45, 7) is 0.729. The number of benzene rings is 2. The number of aromatic nitrogens is 4. The number of nitrogens with zero attached hydrogens (tertiary/aromatic N) is 3. The molecule has 0 atom stereocenters. The zero-order valence-electron chi connectivity index (χ0n) is 17.8. The van der Waals surface area contributed by atoms with Gasteiger partial charge in [0.1, 0.15) is 5.39 Å². The Kier molecular flexibility index (Phi) is 6.16. The Morgan fingerprint density at radius 3 is 2.53 bits per heavy atom. The molecule has 0 amide bonds. The minimum absolute atomic E-state index is 0.177. The number of H-pyrrole nitrogens is 1. The van der Waals surface area contributed by atoms with Gasteiger partial charge in [-0.3, -0.25) is 14.3 Å². The van der Waals surface area contributed by atoms with Crippen LogP contribution in [0.15, 0.2) is 64.3 Å². The van der Waals surface area contributed by atoms with E-state index in [0.717, 1.165) is 15.7 Å². The summed E-state index contributed by atoms with van der Waals surface area (Å²) in [6.07, 6.45) is 2.12. The van der Waals surface area contributed by atoms with Gasteiger partial charge in [0, 0.05) is 12.7 Å². The van der Waals surface area contributed by atoms with Gasteiger partial charge in [-0.15, -0.1) is 0 Å². The highest BCUT2D eigenvalue weighted by atomic mass is 16.5. The van der Waals surface area contributed by atoms with Crippen molar-refractivity contribution in [3.63, 3.8) is 0 Å². The van der Waals surface area contributed by atoms with Crippen LogP contribution in [0.5, 0.6) is 11.5 Å². The second-order valence-corrected chi connectivity index (χ2v) is 7.13. The predicted octanol–water partition coefficient (Wildman–Crippen LogP) is 2.20. The first kappa shape index (κ1) is 21.1. The third kappa shape index (κ3) is 4.46. The average molecular weight is 433 g/mol. The zero-order valence-corrected chi connectivity index (χ0v) is 17.8. The van der Waals surface area contributed by atoms with Crippen molar-refractivity contribution < 1.29 is 9.47 Å². The molecular formula is C23H23N5O4. The molecule has 0 radical (unpaired) electrons. The van der Waals surface area contributed by atoms with Crippen LogP contribution in [0, 0.1) is 0 Å². The van der Waals surface area contributed by atoms with Crippen molar-refractivity contribution in [2.75, 3.05) is 26.1 Å². The first-order valence-corrected chi connectivity index (χ1v) is 10.1. The van der Waals surface area contributed by atoms with Crippen LogP contribution in [-0.4, -0.2) is 40.3 Å². The largest absolute Gasteiger partial charge is 0.493 e. The summed E-state index contributed by atoms with van der Waals surface area (Å²) in [7, 11) is 3.19. The molecule has 0 aliphatic carbocycles. The van der Waals surface area contributed by atoms with Crippen molar-refractivity contribution >= 4 is 17.0 Å². The lowest BCUT2D eigenvalue weighted by Crippen LogP contribution is -2.35. The van der Waals surface area contributed by atoms with E-state index in [1.807, 2.05) is 48.5 Å². The van der Waals surface area contributed by atoms with E-state index in [1.54, 1.807) is 14.2 Å². The molecule has 2 aromatic carbocycles. The highest BCUT2D eigenvalue weighted by Gasteiger charge is 2.11. The summed E-state index contributed by atoms with van der Waals surface area (Å²) in [5.74, 6) is 1.66. The molecule has 0 saturated carbocycles. The molecule has 0 aliphatic rings. The lowest BCUT2D eigenvalue weighted by molar-refractivity contribution is 0.354. The van der Waals surface area contributed by atoms with Crippen molar-refractivity contribution in [3.8, 4) is 11.5 Å². The van der Waals surface area contributed by atoms with Gasteiger partial charge in [-0.25, -0.2) is 9.78 Å². The summed E-state index contributed by atoms with van der Waals surface area (Å²) < 4.78 is 11.7. The number of hydrogen-bond donors (Lipinski definition) is 2. The molecule has 0 fully saturated rings. The third-order valence-corrected chi connectivity index (χ3v) is 5.06. The van der Waals surface area contributed by atoms with Crippen LogP contribution in [0.25, 0.3) is 11.0 Å². The Labute approximate surface area is 183 Å². The summed E-state index contributed by atoms with van der Waals surface area (Å²) in [6, 6.07) is 15.0. The fourth-order valence-corrected chi connectivity index (χ4v) is 3.39. The highest BCUT2D eigenvalue weighted by Crippen LogP contribution is 2.27. The fourth-order valence-electron chi connectivity index (χ4n) is 3.39. The molecular weight excluding hydrogens is 410 g/mol. The molecule has 9 nitrogen and oxygen atoms in total. The molecule has 164 valence electrons. The summed E-state index contributed by atoms with van der Waals surface area (Å²) in [5.41, 5.74) is 1.17. The van der Waals surface area contributed by atoms with E-state index in [2.05, 4.69) is 20.3 Å². The van der Waals surface area contributed by atoms with Gasteiger partial charge in [0.25, 0.3) is 5.56 Å². The lowest BCUT2D eigenvalue weighted by atomic mass is 10.1. The number of fused-ring (bicyclic) bond motifs is 1. The maximum atomic E-state index is 12.8. The van der Waals surface area contributed by atoms with E-state index >= 15 is 0 Å². The second-order valence-electron chi connectivity index (χ2n) is 7.13. The van der Waals surface area contributed by atoms with Crippen molar-refractivity contribution in [1.29, 1.82) is 0 Å². The molecule has 2 N–H and O–H groups in total. The highest BCUT2D eigenvalue weighted by molar-refractivity contribution is 5.73. The molecule has 0 aliphatic heterocycles. The monoisotopic (exact) mass is 433 g/mol. The standard InChI is InChI=1S/C23H23N5O4/c1-31-18-9-8-15(12-19(18)32-2)10-11-24-22-25-13-17-20(26-22)27-23(30)28(21(17)29)14-16-6-4-3-5-7-16/h3-9,12-13H,10-11,14H2,1-2H3,(H2,24,25,26,27,30). The van der Waals surface area contributed by atoms with Crippen molar-refractivity contribution in [2.45, 2.75) is 13.0 Å². The zero-order chi connectivity index (χ0) is 22.5. The number of nitrogens with one attached hydrogen (secondary N) is 2. The van der Waals surface area contributed by atoms with Crippen LogP contribution in [-0.2, 0) is 13.0 Å². The van der Waals surface area contributed by atoms with E-state index in [4.69, 9.17) is 9.47 Å². The van der Waals surface area contributed by atoms with Gasteiger partial charge in [0.15, 0.2) is 17.1 Å². The number of methoxy groups -OCH3 is 2. The Hall–Kier alpha value is -4.14. The van der Waals surface area contributed by atoms with Crippen molar-refractivity contribution in [3.05, 3.63) is 86.7 Å². The molecule has 4 rings (SSSR count). The molecule has 0 bridgehead atoms. The molecule has 0 saturated heterocycles. The molecule has 0 unspecified atom stereocenters. The Morgan fingerprint density at radius 1 is 1.00 bits per heavy atom. The van der Waals surface area contributed by atoms with Crippen LogP contribution in [0.4, 0.5) is 5.95 Å². The number of anilines is 1. The maximum absolute atomic E-state index is 12.8. The predicted molar refractivity (Wildman–Crippen MR) is 122 cm³/mol. The molecule has 2 heterocycles. The Balaban J connectivity index is 1.50. The molecule has 2 aromatic heterocycles. The second kappa shape index (κ2) is 9.34. The summed E-state index contributed by atoms with van der Waals surface area (Å²) >= 11 is 0. The topological polar surface area (TPSA) is 111 Å². The first-order chi connectivity index (χ1) is 15.6. The molecule has 32 heavy (non-hydrogen) atoms. The summed E-state index contributed by atoms with van der Waals surface area (Å²) in [4.78, 5) is 36.5. The number of ether oxygens (including phenoxy) is 2. The van der Waals surface area contributed by atoms with E-state index in [1.165, 1.54) is 6.20 Å². The van der Waals surface area contributed by atoms with Gasteiger partial charge in [-0.1, -0.05) is 36.4 Å². The Bertz CT molecular complexity index is 1350. The number of rotatable bonds is 8. The maximum Gasteiger partial charge on any atom is 0.330 e. The summed E-state index contributed by atoms with van der Waals surface area (Å²) in [5, 5.41) is 3.38. The Morgan fingerprint density at radius 2 is 1.78 bits per heavy atom. The van der Waals surface area contributed by atoms with E-state index in [0.29, 0.717) is 30.4 Å². The molecule has 0 spiro atoms. The minimum Gasteiger partial charge on any atom is -0.493 e. The van der Waals surface area contributed by atoms with E-state index in [-0.39, 0.29) is 17.6 Å². The van der Waals surface area contributed by atoms with Crippen molar-refractivity contribution in [2.24, 2.45) is 0 Å². The number of aromatic amines is 1. The fraction of sp³-hybridized carbons (Fsp3) is 0.217. The molecule has 4 aromatic rings. The van der Waals surface area contributed by atoms with Crippen LogP contribution in [0.1, 0.15) is 11.1 Å². The van der Waals surface area contributed by atoms with Gasteiger partial charge < -0.3 is 14.8 Å². The van der Waals surface area contributed by atoms with E-state index in [9.17, 15) is 9.59 Å². The number of hydrogen-bond acceptors (Lipinski definition) is 7. The van der Waals surface area contributed by atoms with Crippen LogP contribution in [0.3, 0.4) is 0 Å². The van der Waals surface area contributed by atoms with Gasteiger partial charge in [-0.05, 0) is 29.7 Å². The average Bonchev–Trinajstić information content (AvgIpc) is 2.82.